The average molecular weight is 915 g/mol. The van der Waals surface area contributed by atoms with Gasteiger partial charge in [0.05, 0.1) is 16.7 Å². The van der Waals surface area contributed by atoms with Crippen LogP contribution in [0.4, 0.5) is 17.1 Å². The number of fused-ring (bicyclic) bond motifs is 8. The summed E-state index contributed by atoms with van der Waals surface area (Å²) in [5.74, 6) is 0. The second-order valence-electron chi connectivity index (χ2n) is 14.6. The summed E-state index contributed by atoms with van der Waals surface area (Å²) in [4.78, 5) is 2.39. The van der Waals surface area contributed by atoms with Crippen molar-refractivity contribution in [3.63, 3.8) is 0 Å². The Morgan fingerprint density at radius 1 is 0.525 bits per heavy atom. The summed E-state index contributed by atoms with van der Waals surface area (Å²) < 4.78 is 2.46. The molecule has 1 aromatic heterocycles. The summed E-state index contributed by atoms with van der Waals surface area (Å²) in [5, 5.41) is 5.07. The van der Waals surface area contributed by atoms with Crippen molar-refractivity contribution in [1.82, 2.24) is 4.57 Å². The van der Waals surface area contributed by atoms with Crippen LogP contribution in [-0.2, 0) is 5.41 Å². The van der Waals surface area contributed by atoms with Gasteiger partial charge in [0.1, 0.15) is 0 Å². The predicted octanol–water partition coefficient (Wildman–Crippen LogP) is 16.0. The molecule has 0 saturated carbocycles. The van der Waals surface area contributed by atoms with Gasteiger partial charge >= 0.3 is 0 Å². The fraction of sp³-hybridized carbons (Fsp3) is 0.164. The maximum Gasteiger partial charge on any atom is 0.0541 e. The quantitative estimate of drug-likeness (QED) is 0.123. The number of hydrogen-bond acceptors (Lipinski definition) is 1. The minimum absolute atomic E-state index is 0. The molecule has 293 valence electrons. The Hall–Kier alpha value is -4.59. The van der Waals surface area contributed by atoms with Crippen molar-refractivity contribution >= 4 is 58.9 Å². The van der Waals surface area contributed by atoms with Crippen LogP contribution in [0.3, 0.4) is 0 Å². The summed E-state index contributed by atoms with van der Waals surface area (Å²) in [5.41, 5.74) is 15.9. The molecule has 0 bridgehead atoms. The van der Waals surface area contributed by atoms with E-state index < -0.39 is 0 Å². The Labute approximate surface area is 387 Å². The maximum absolute atomic E-state index is 3.22. The fourth-order valence-electron chi connectivity index (χ4n) is 8.63. The van der Waals surface area contributed by atoms with Crippen molar-refractivity contribution in [2.24, 2.45) is 0 Å². The average Bonchev–Trinajstić information content (AvgIpc) is 3.73. The molecule has 4 heteroatoms. The van der Waals surface area contributed by atoms with Gasteiger partial charge in [-0.3, -0.25) is 0 Å². The third-order valence-electron chi connectivity index (χ3n) is 11.1. The van der Waals surface area contributed by atoms with E-state index in [0.717, 1.165) is 11.4 Å². The van der Waals surface area contributed by atoms with E-state index in [9.17, 15) is 0 Å². The molecule has 8 aromatic carbocycles. The number of rotatable bonds is 5. The Kier molecular flexibility index (Phi) is 14.3. The van der Waals surface area contributed by atoms with Crippen LogP contribution < -0.4 is 4.90 Å². The Morgan fingerprint density at radius 3 is 1.78 bits per heavy atom. The molecule has 0 saturated heterocycles. The molecule has 10 rings (SSSR count). The van der Waals surface area contributed by atoms with E-state index >= 15 is 0 Å². The van der Waals surface area contributed by atoms with Gasteiger partial charge in [0.15, 0.2) is 0 Å². The van der Waals surface area contributed by atoms with E-state index in [4.69, 9.17) is 0 Å². The Bertz CT molecular complexity index is 2790. The third kappa shape index (κ3) is 7.93. The maximum atomic E-state index is 3.22. The molecule has 1 radical (unpaired) electrons. The first-order valence-electron chi connectivity index (χ1n) is 20.7. The van der Waals surface area contributed by atoms with Crippen molar-refractivity contribution in [2.45, 2.75) is 53.9 Å². The fourth-order valence-corrected chi connectivity index (χ4v) is 8.63. The summed E-state index contributed by atoms with van der Waals surface area (Å²) in [7, 11) is 2.42. The molecular weight excluding hydrogens is 861 g/mol. The topological polar surface area (TPSA) is 8.17 Å². The second-order valence-corrected chi connectivity index (χ2v) is 14.6. The minimum Gasteiger partial charge on any atom is -0.333 e. The normalized spacial score (nSPS) is 11.8. The molecule has 1 unspecified atom stereocenters. The van der Waals surface area contributed by atoms with Gasteiger partial charge in [-0.25, -0.2) is 0 Å². The summed E-state index contributed by atoms with van der Waals surface area (Å²) in [6.45, 7) is 16.9. The van der Waals surface area contributed by atoms with Crippen LogP contribution in [0.25, 0.3) is 60.5 Å². The molecule has 0 aliphatic heterocycles. The first kappa shape index (κ1) is 44.0. The van der Waals surface area contributed by atoms with E-state index in [-0.39, 0.29) is 46.7 Å². The van der Waals surface area contributed by atoms with Crippen LogP contribution in [0.2, 0.25) is 0 Å². The van der Waals surface area contributed by atoms with Crippen LogP contribution >= 0.6 is 9.24 Å². The summed E-state index contributed by atoms with van der Waals surface area (Å²) in [6, 6.07) is 65.3. The molecule has 2 nitrogen and oxygen atoms in total. The molecule has 9 aromatic rings. The Morgan fingerprint density at radius 2 is 1.10 bits per heavy atom. The zero-order valence-electron chi connectivity index (χ0n) is 35.7. The van der Waals surface area contributed by atoms with E-state index in [0.29, 0.717) is 0 Å². The smallest absolute Gasteiger partial charge is 0.0541 e. The van der Waals surface area contributed by atoms with E-state index in [1.807, 2.05) is 46.5 Å². The van der Waals surface area contributed by atoms with Crippen molar-refractivity contribution < 1.29 is 41.3 Å². The molecule has 1 aliphatic carbocycles. The molecule has 59 heavy (non-hydrogen) atoms. The molecule has 0 N–H and O–H groups in total. The number of benzene rings is 8. The number of aryl methyl sites for hydroxylation is 1. The van der Waals surface area contributed by atoms with Crippen molar-refractivity contribution in [3.05, 3.63) is 193 Å². The van der Waals surface area contributed by atoms with Gasteiger partial charge in [0, 0.05) is 74.2 Å². The van der Waals surface area contributed by atoms with E-state index in [2.05, 4.69) is 203 Å². The van der Waals surface area contributed by atoms with Crippen molar-refractivity contribution in [1.29, 1.82) is 0 Å². The van der Waals surface area contributed by atoms with E-state index in [1.54, 1.807) is 0 Å². The van der Waals surface area contributed by atoms with Crippen LogP contribution in [0.5, 0.6) is 0 Å². The Balaban J connectivity index is 0.000000802. The minimum atomic E-state index is -0.234. The third-order valence-corrected chi connectivity index (χ3v) is 11.1. The number of aromatic nitrogens is 1. The zero-order chi connectivity index (χ0) is 41.0. The van der Waals surface area contributed by atoms with Gasteiger partial charge in [0.25, 0.3) is 0 Å². The molecule has 0 fully saturated rings. The molecule has 1 atom stereocenters. The standard InChI is InChI=1S/C50H37N2.2C2H6.CH5P.Pr/c1-33-23-27-46-42(29-33)43-30-35(34-15-7-4-8-16-34)24-28-47(43)52(46)38-25-26-41-44(31-38)50(2,3)45-32-48(39-21-13-14-22-40(39)49(41)45)51(36-17-9-5-10-18-36)37-19-11-6-12-20-37;3*1-2;/h4-5,7-32H,1-3H3;2*1-2H3;2H2,1H3;/q-1;;;;. The first-order chi connectivity index (χ1) is 28.5. The summed E-state index contributed by atoms with van der Waals surface area (Å²) in [6.07, 6.45) is 0. The van der Waals surface area contributed by atoms with Crippen molar-refractivity contribution in [2.75, 3.05) is 11.6 Å². The first-order valence-corrected chi connectivity index (χ1v) is 21.8. The van der Waals surface area contributed by atoms with Crippen LogP contribution in [0, 0.1) is 54.3 Å². The van der Waals surface area contributed by atoms with Crippen LogP contribution in [0.15, 0.2) is 170 Å². The van der Waals surface area contributed by atoms with Gasteiger partial charge in [-0.1, -0.05) is 150 Å². The number of anilines is 3. The van der Waals surface area contributed by atoms with Crippen LogP contribution in [0.1, 0.15) is 58.2 Å². The van der Waals surface area contributed by atoms with Gasteiger partial charge in [-0.05, 0) is 100 Å². The number of hydrogen-bond donors (Lipinski definition) is 0. The SMILES string of the molecule is CC.CC.CP.Cc1ccc2c(c1)c1cc(-c3ccccc3)ccc1n2-c1ccc2c(c1)C(C)(C)c1cc(N(c3cc[c-]cc3)c3ccccc3)c3ccccc3c1-2.[Pr]. The zero-order valence-corrected chi connectivity index (χ0v) is 40.6. The monoisotopic (exact) mass is 914 g/mol. The number of para-hydroxylation sites is 1. The van der Waals surface area contributed by atoms with Gasteiger partial charge < -0.3 is 9.47 Å². The van der Waals surface area contributed by atoms with Crippen molar-refractivity contribution in [3.8, 4) is 27.9 Å². The number of nitrogens with zero attached hydrogens (tertiary/aromatic N) is 2. The second kappa shape index (κ2) is 19.2. The van der Waals surface area contributed by atoms with E-state index in [1.165, 1.54) is 82.9 Å². The molecule has 1 heterocycles. The summed E-state index contributed by atoms with van der Waals surface area (Å²) >= 11 is 0. The predicted molar refractivity (Wildman–Crippen MR) is 258 cm³/mol. The largest absolute Gasteiger partial charge is 0.333 e. The molecule has 1 aliphatic rings. The molecule has 0 amide bonds. The van der Waals surface area contributed by atoms with Crippen LogP contribution in [-0.4, -0.2) is 11.2 Å². The van der Waals surface area contributed by atoms with Gasteiger partial charge in [-0.2, -0.15) is 18.2 Å². The van der Waals surface area contributed by atoms with Gasteiger partial charge in [-0.15, -0.1) is 21.4 Å². The molecular formula is C55H54N2PPr-. The van der Waals surface area contributed by atoms with Gasteiger partial charge in [0.2, 0.25) is 0 Å². The molecule has 0 spiro atoms.